The number of amides is 1. The molecule has 0 unspecified atom stereocenters. The minimum absolute atomic E-state index is 0.141. The number of benzene rings is 1. The van der Waals surface area contributed by atoms with Gasteiger partial charge in [-0.15, -0.1) is 11.6 Å². The minimum atomic E-state index is 0.141. The molecule has 0 N–H and O–H groups in total. The highest BCUT2D eigenvalue weighted by Gasteiger charge is 2.24. The third-order valence-electron chi connectivity index (χ3n) is 3.62. The van der Waals surface area contributed by atoms with Gasteiger partial charge < -0.3 is 4.90 Å². The zero-order valence-corrected chi connectivity index (χ0v) is 12.8. The van der Waals surface area contributed by atoms with Gasteiger partial charge in [-0.2, -0.15) is 0 Å². The van der Waals surface area contributed by atoms with Gasteiger partial charge in [0.2, 0.25) is 0 Å². The molecule has 0 spiro atoms. The smallest absolute Gasteiger partial charge is 0.254 e. The van der Waals surface area contributed by atoms with Crippen LogP contribution in [-0.2, 0) is 0 Å². The molecular formula is C14H17BrClNO. The van der Waals surface area contributed by atoms with E-state index in [9.17, 15) is 4.79 Å². The molecule has 1 aliphatic rings. The number of alkyl halides is 1. The fourth-order valence-electron chi connectivity index (χ4n) is 2.30. The van der Waals surface area contributed by atoms with Gasteiger partial charge in [-0.3, -0.25) is 4.79 Å². The number of hydrogen-bond acceptors (Lipinski definition) is 1. The first-order valence-electron chi connectivity index (χ1n) is 6.24. The number of halogens is 2. The fourth-order valence-corrected chi connectivity index (χ4v) is 2.97. The molecule has 1 fully saturated rings. The summed E-state index contributed by atoms with van der Waals surface area (Å²) in [5.41, 5.74) is 1.82. The number of hydrogen-bond donors (Lipinski definition) is 0. The first kappa shape index (κ1) is 13.9. The number of carbonyl (C=O) groups is 1. The fraction of sp³-hybridized carbons (Fsp3) is 0.500. The molecule has 0 bridgehead atoms. The van der Waals surface area contributed by atoms with E-state index in [2.05, 4.69) is 15.9 Å². The van der Waals surface area contributed by atoms with Crippen molar-refractivity contribution in [1.82, 2.24) is 4.90 Å². The molecule has 0 saturated carbocycles. The SMILES string of the molecule is Cc1c(Br)cccc1C(=O)N1CCC(CCl)CC1. The van der Waals surface area contributed by atoms with Crippen molar-refractivity contribution in [3.05, 3.63) is 33.8 Å². The Kier molecular flexibility index (Phi) is 4.68. The van der Waals surface area contributed by atoms with Gasteiger partial charge in [0.1, 0.15) is 0 Å². The first-order chi connectivity index (χ1) is 8.63. The average Bonchev–Trinajstić information content (AvgIpc) is 2.41. The summed E-state index contributed by atoms with van der Waals surface area (Å²) in [6.07, 6.45) is 2.03. The molecule has 0 aliphatic carbocycles. The lowest BCUT2D eigenvalue weighted by atomic mass is 9.98. The molecule has 1 aromatic rings. The highest BCUT2D eigenvalue weighted by atomic mass is 79.9. The van der Waals surface area contributed by atoms with Crippen molar-refractivity contribution >= 4 is 33.4 Å². The second kappa shape index (κ2) is 6.07. The standard InChI is InChI=1S/C14H17BrClNO/c1-10-12(3-2-4-13(10)15)14(18)17-7-5-11(9-16)6-8-17/h2-4,11H,5-9H2,1H3. The van der Waals surface area contributed by atoms with Crippen LogP contribution < -0.4 is 0 Å². The van der Waals surface area contributed by atoms with Crippen LogP contribution in [0.5, 0.6) is 0 Å². The molecule has 1 heterocycles. The minimum Gasteiger partial charge on any atom is -0.339 e. The zero-order chi connectivity index (χ0) is 13.1. The zero-order valence-electron chi connectivity index (χ0n) is 10.5. The highest BCUT2D eigenvalue weighted by molar-refractivity contribution is 9.10. The van der Waals surface area contributed by atoms with Gasteiger partial charge in [-0.25, -0.2) is 0 Å². The van der Waals surface area contributed by atoms with Crippen LogP contribution in [0.1, 0.15) is 28.8 Å². The molecule has 1 saturated heterocycles. The Balaban J connectivity index is 2.10. The maximum atomic E-state index is 12.4. The first-order valence-corrected chi connectivity index (χ1v) is 7.56. The van der Waals surface area contributed by atoms with Crippen LogP contribution in [0, 0.1) is 12.8 Å². The lowest BCUT2D eigenvalue weighted by Gasteiger charge is -2.31. The molecule has 0 aromatic heterocycles. The number of piperidine rings is 1. The van der Waals surface area contributed by atoms with E-state index in [-0.39, 0.29) is 5.91 Å². The van der Waals surface area contributed by atoms with Gasteiger partial charge in [-0.1, -0.05) is 22.0 Å². The van der Waals surface area contributed by atoms with E-state index >= 15 is 0 Å². The average molecular weight is 331 g/mol. The van der Waals surface area contributed by atoms with Gasteiger partial charge in [0, 0.05) is 29.0 Å². The Morgan fingerprint density at radius 1 is 1.44 bits per heavy atom. The number of rotatable bonds is 2. The largest absolute Gasteiger partial charge is 0.339 e. The summed E-state index contributed by atoms with van der Waals surface area (Å²) in [5, 5.41) is 0. The summed E-state index contributed by atoms with van der Waals surface area (Å²) in [6.45, 7) is 3.62. The van der Waals surface area contributed by atoms with Crippen LogP contribution in [-0.4, -0.2) is 29.8 Å². The third-order valence-corrected chi connectivity index (χ3v) is 4.91. The molecule has 0 atom stereocenters. The van der Waals surface area contributed by atoms with Crippen LogP contribution in [0.2, 0.25) is 0 Å². The van der Waals surface area contributed by atoms with Crippen molar-refractivity contribution in [3.8, 4) is 0 Å². The van der Waals surface area contributed by atoms with E-state index in [1.807, 2.05) is 30.0 Å². The Morgan fingerprint density at radius 2 is 2.11 bits per heavy atom. The monoisotopic (exact) mass is 329 g/mol. The summed E-state index contributed by atoms with van der Waals surface area (Å²) < 4.78 is 0.990. The van der Waals surface area contributed by atoms with Crippen molar-refractivity contribution in [2.75, 3.05) is 19.0 Å². The lowest BCUT2D eigenvalue weighted by molar-refractivity contribution is 0.0697. The molecule has 2 rings (SSSR count). The van der Waals surface area contributed by atoms with Crippen molar-refractivity contribution in [2.45, 2.75) is 19.8 Å². The predicted molar refractivity (Wildman–Crippen MR) is 78.2 cm³/mol. The normalized spacial score (nSPS) is 16.9. The van der Waals surface area contributed by atoms with Crippen molar-refractivity contribution < 1.29 is 4.79 Å². The second-order valence-corrected chi connectivity index (χ2v) is 5.97. The maximum absolute atomic E-state index is 12.4. The molecule has 1 amide bonds. The van der Waals surface area contributed by atoms with Crippen LogP contribution in [0.25, 0.3) is 0 Å². The van der Waals surface area contributed by atoms with Gasteiger partial charge >= 0.3 is 0 Å². The Hall–Kier alpha value is -0.540. The molecule has 1 aromatic carbocycles. The molecule has 18 heavy (non-hydrogen) atoms. The maximum Gasteiger partial charge on any atom is 0.254 e. The third kappa shape index (κ3) is 2.89. The van der Waals surface area contributed by atoms with Crippen LogP contribution in [0.4, 0.5) is 0 Å². The number of likely N-dealkylation sites (tertiary alicyclic amines) is 1. The lowest BCUT2D eigenvalue weighted by Crippen LogP contribution is -2.39. The second-order valence-electron chi connectivity index (χ2n) is 4.80. The summed E-state index contributed by atoms with van der Waals surface area (Å²) in [7, 11) is 0. The van der Waals surface area contributed by atoms with E-state index in [1.54, 1.807) is 0 Å². The summed E-state index contributed by atoms with van der Waals surface area (Å²) >= 11 is 9.33. The van der Waals surface area contributed by atoms with Gasteiger partial charge in [0.15, 0.2) is 0 Å². The number of nitrogens with zero attached hydrogens (tertiary/aromatic N) is 1. The van der Waals surface area contributed by atoms with E-state index in [1.165, 1.54) is 0 Å². The van der Waals surface area contributed by atoms with E-state index in [0.717, 1.165) is 41.5 Å². The molecule has 0 radical (unpaired) electrons. The molecular weight excluding hydrogens is 314 g/mol. The molecule has 4 heteroatoms. The summed E-state index contributed by atoms with van der Waals surface area (Å²) in [4.78, 5) is 14.4. The summed E-state index contributed by atoms with van der Waals surface area (Å²) in [6, 6.07) is 5.78. The Labute approximate surface area is 121 Å². The quantitative estimate of drug-likeness (QED) is 0.754. The van der Waals surface area contributed by atoms with Gasteiger partial charge in [-0.05, 0) is 43.4 Å². The molecule has 98 valence electrons. The number of carbonyl (C=O) groups excluding carboxylic acids is 1. The van der Waals surface area contributed by atoms with Crippen molar-refractivity contribution in [2.24, 2.45) is 5.92 Å². The van der Waals surface area contributed by atoms with Crippen molar-refractivity contribution in [3.63, 3.8) is 0 Å². The van der Waals surface area contributed by atoms with E-state index in [4.69, 9.17) is 11.6 Å². The van der Waals surface area contributed by atoms with Crippen LogP contribution in [0.3, 0.4) is 0 Å². The van der Waals surface area contributed by atoms with Gasteiger partial charge in [0.05, 0.1) is 0 Å². The Bertz CT molecular complexity index is 441. The molecule has 1 aliphatic heterocycles. The molecule has 2 nitrogen and oxygen atoms in total. The van der Waals surface area contributed by atoms with Crippen molar-refractivity contribution in [1.29, 1.82) is 0 Å². The Morgan fingerprint density at radius 3 is 2.72 bits per heavy atom. The van der Waals surface area contributed by atoms with E-state index < -0.39 is 0 Å². The van der Waals surface area contributed by atoms with Crippen LogP contribution >= 0.6 is 27.5 Å². The van der Waals surface area contributed by atoms with E-state index in [0.29, 0.717) is 11.8 Å². The predicted octanol–water partition coefficient (Wildman–Crippen LogP) is 3.85. The topological polar surface area (TPSA) is 20.3 Å². The highest BCUT2D eigenvalue weighted by Crippen LogP contribution is 2.24. The van der Waals surface area contributed by atoms with Gasteiger partial charge in [0.25, 0.3) is 5.91 Å². The van der Waals surface area contributed by atoms with Crippen LogP contribution in [0.15, 0.2) is 22.7 Å². The summed E-state index contributed by atoms with van der Waals surface area (Å²) in [5.74, 6) is 1.42.